The lowest BCUT2D eigenvalue weighted by Crippen LogP contribution is -2.44. The summed E-state index contributed by atoms with van der Waals surface area (Å²) in [6, 6.07) is -0.00898. The number of esters is 1. The average Bonchev–Trinajstić information content (AvgIpc) is 2.20. The van der Waals surface area contributed by atoms with Gasteiger partial charge in [0.15, 0.2) is 0 Å². The van der Waals surface area contributed by atoms with Crippen molar-refractivity contribution in [3.63, 3.8) is 0 Å². The first kappa shape index (κ1) is 10.5. The molecule has 13 heavy (non-hydrogen) atoms. The third kappa shape index (κ3) is 2.69. The molecule has 1 heterocycles. The molecule has 1 rings (SSSR count). The number of hydrogen-bond donors (Lipinski definition) is 0. The number of rotatable bonds is 3. The molecule has 76 valence electrons. The highest BCUT2D eigenvalue weighted by Crippen LogP contribution is 2.14. The number of ether oxygens (including phenoxy) is 1. The Morgan fingerprint density at radius 3 is 2.46 bits per heavy atom. The fourth-order valence-electron chi connectivity index (χ4n) is 1.94. The number of carbonyl (C=O) groups excluding carboxylic acids is 1. The molecule has 3 heteroatoms. The van der Waals surface area contributed by atoms with E-state index < -0.39 is 0 Å². The van der Waals surface area contributed by atoms with Gasteiger partial charge in [0.05, 0.1) is 7.11 Å². The maximum atomic E-state index is 11.4. The molecule has 3 nitrogen and oxygen atoms in total. The van der Waals surface area contributed by atoms with E-state index in [4.69, 9.17) is 4.74 Å². The van der Waals surface area contributed by atoms with Crippen molar-refractivity contribution in [1.29, 1.82) is 0 Å². The second-order valence-electron chi connectivity index (χ2n) is 3.54. The molecule has 0 aromatic carbocycles. The fourth-order valence-corrected chi connectivity index (χ4v) is 1.94. The van der Waals surface area contributed by atoms with E-state index in [9.17, 15) is 4.79 Å². The van der Waals surface area contributed by atoms with Gasteiger partial charge in [-0.2, -0.15) is 0 Å². The number of piperidine rings is 1. The van der Waals surface area contributed by atoms with Crippen molar-refractivity contribution in [3.05, 3.63) is 0 Å². The fraction of sp³-hybridized carbons (Fsp3) is 0.900. The van der Waals surface area contributed by atoms with Crippen LogP contribution in [0.2, 0.25) is 0 Å². The van der Waals surface area contributed by atoms with Crippen LogP contribution in [-0.4, -0.2) is 37.1 Å². The third-order valence-corrected chi connectivity index (χ3v) is 2.69. The van der Waals surface area contributed by atoms with Crippen LogP contribution in [0.5, 0.6) is 0 Å². The summed E-state index contributed by atoms with van der Waals surface area (Å²) in [7, 11) is 1.47. The molecule has 0 N–H and O–H groups in total. The summed E-state index contributed by atoms with van der Waals surface area (Å²) in [5, 5.41) is 0. The number of likely N-dealkylation sites (tertiary alicyclic amines) is 1. The molecule has 1 aliphatic rings. The van der Waals surface area contributed by atoms with Gasteiger partial charge in [0.2, 0.25) is 0 Å². The van der Waals surface area contributed by atoms with Crippen LogP contribution in [0, 0.1) is 0 Å². The maximum Gasteiger partial charge on any atom is 0.323 e. The maximum absolute atomic E-state index is 11.4. The minimum Gasteiger partial charge on any atom is -0.468 e. The van der Waals surface area contributed by atoms with Crippen LogP contribution in [0.25, 0.3) is 0 Å². The van der Waals surface area contributed by atoms with Crippen LogP contribution < -0.4 is 0 Å². The first-order valence-electron chi connectivity index (χ1n) is 5.11. The molecule has 0 aromatic rings. The lowest BCUT2D eigenvalue weighted by atomic mass is 10.1. The summed E-state index contributed by atoms with van der Waals surface area (Å²) in [5.74, 6) is -0.0793. The van der Waals surface area contributed by atoms with Gasteiger partial charge in [0.25, 0.3) is 0 Å². The van der Waals surface area contributed by atoms with E-state index in [1.54, 1.807) is 0 Å². The highest BCUT2D eigenvalue weighted by molar-refractivity contribution is 5.75. The molecule has 0 aromatic heterocycles. The number of hydrogen-bond acceptors (Lipinski definition) is 3. The quantitative estimate of drug-likeness (QED) is 0.623. The summed E-state index contributed by atoms with van der Waals surface area (Å²) in [6.45, 7) is 4.14. The highest BCUT2D eigenvalue weighted by atomic mass is 16.5. The Hall–Kier alpha value is -0.570. The van der Waals surface area contributed by atoms with Gasteiger partial charge in [-0.3, -0.25) is 9.69 Å². The van der Waals surface area contributed by atoms with E-state index >= 15 is 0 Å². The summed E-state index contributed by atoms with van der Waals surface area (Å²) in [6.07, 6.45) is 4.59. The molecule has 0 bridgehead atoms. The largest absolute Gasteiger partial charge is 0.468 e. The molecule has 1 aliphatic heterocycles. The predicted molar refractivity (Wildman–Crippen MR) is 51.5 cm³/mol. The molecule has 0 unspecified atom stereocenters. The lowest BCUT2D eigenvalue weighted by Gasteiger charge is -2.31. The van der Waals surface area contributed by atoms with Crippen LogP contribution in [-0.2, 0) is 9.53 Å². The zero-order valence-corrected chi connectivity index (χ0v) is 8.58. The van der Waals surface area contributed by atoms with Gasteiger partial charge in [-0.15, -0.1) is 0 Å². The highest BCUT2D eigenvalue weighted by Gasteiger charge is 2.25. The van der Waals surface area contributed by atoms with Crippen LogP contribution in [0.3, 0.4) is 0 Å². The number of carbonyl (C=O) groups is 1. The molecule has 0 aliphatic carbocycles. The van der Waals surface area contributed by atoms with Gasteiger partial charge in [0.1, 0.15) is 6.04 Å². The van der Waals surface area contributed by atoms with Crippen molar-refractivity contribution < 1.29 is 9.53 Å². The van der Waals surface area contributed by atoms with E-state index in [1.165, 1.54) is 26.4 Å². The van der Waals surface area contributed by atoms with E-state index in [0.29, 0.717) is 0 Å². The molecule has 0 radical (unpaired) electrons. The SMILES string of the molecule is CC[C@H](C(=O)OC)N1CCCCC1. The molecular formula is C10H19NO2. The van der Waals surface area contributed by atoms with Crippen LogP contribution in [0.1, 0.15) is 32.6 Å². The molecule has 0 spiro atoms. The molecule has 0 amide bonds. The minimum atomic E-state index is -0.0793. The smallest absolute Gasteiger partial charge is 0.323 e. The average molecular weight is 185 g/mol. The Kier molecular flexibility index (Phi) is 4.22. The number of nitrogens with zero attached hydrogens (tertiary/aromatic N) is 1. The Morgan fingerprint density at radius 1 is 1.38 bits per heavy atom. The van der Waals surface area contributed by atoms with Crippen LogP contribution in [0.15, 0.2) is 0 Å². The van der Waals surface area contributed by atoms with E-state index in [1.807, 2.05) is 6.92 Å². The van der Waals surface area contributed by atoms with Crippen molar-refractivity contribution in [2.24, 2.45) is 0 Å². The van der Waals surface area contributed by atoms with Gasteiger partial charge in [-0.05, 0) is 32.4 Å². The first-order chi connectivity index (χ1) is 6.29. The van der Waals surface area contributed by atoms with Crippen molar-refractivity contribution in [3.8, 4) is 0 Å². The van der Waals surface area contributed by atoms with Crippen molar-refractivity contribution in [2.45, 2.75) is 38.6 Å². The van der Waals surface area contributed by atoms with Gasteiger partial charge in [0, 0.05) is 0 Å². The van der Waals surface area contributed by atoms with Crippen molar-refractivity contribution in [1.82, 2.24) is 4.90 Å². The van der Waals surface area contributed by atoms with Gasteiger partial charge in [-0.1, -0.05) is 13.3 Å². The Balaban J connectivity index is 2.48. The van der Waals surface area contributed by atoms with Gasteiger partial charge < -0.3 is 4.74 Å². The van der Waals surface area contributed by atoms with Gasteiger partial charge >= 0.3 is 5.97 Å². The Morgan fingerprint density at radius 2 is 2.00 bits per heavy atom. The molecular weight excluding hydrogens is 166 g/mol. The summed E-state index contributed by atoms with van der Waals surface area (Å²) < 4.78 is 4.78. The third-order valence-electron chi connectivity index (χ3n) is 2.69. The zero-order chi connectivity index (χ0) is 9.68. The molecule has 1 atom stereocenters. The van der Waals surface area contributed by atoms with E-state index in [0.717, 1.165) is 19.5 Å². The normalized spacial score (nSPS) is 21.1. The van der Waals surface area contributed by atoms with Crippen molar-refractivity contribution >= 4 is 5.97 Å². The second-order valence-corrected chi connectivity index (χ2v) is 3.54. The van der Waals surface area contributed by atoms with Crippen LogP contribution >= 0.6 is 0 Å². The topological polar surface area (TPSA) is 29.5 Å². The minimum absolute atomic E-state index is 0.00898. The first-order valence-corrected chi connectivity index (χ1v) is 5.11. The summed E-state index contributed by atoms with van der Waals surface area (Å²) in [5.41, 5.74) is 0. The Labute approximate surface area is 80.1 Å². The molecule has 0 saturated carbocycles. The Bertz CT molecular complexity index is 164. The standard InChI is InChI=1S/C10H19NO2/c1-3-9(10(12)13-2)11-7-5-4-6-8-11/h9H,3-8H2,1-2H3/t9-/m1/s1. The summed E-state index contributed by atoms with van der Waals surface area (Å²) >= 11 is 0. The zero-order valence-electron chi connectivity index (χ0n) is 8.58. The number of methoxy groups -OCH3 is 1. The lowest BCUT2D eigenvalue weighted by molar-refractivity contribution is -0.147. The second kappa shape index (κ2) is 5.22. The predicted octanol–water partition coefficient (Wildman–Crippen LogP) is 1.42. The molecule has 1 saturated heterocycles. The molecule has 1 fully saturated rings. The summed E-state index contributed by atoms with van der Waals surface area (Å²) in [4.78, 5) is 13.6. The van der Waals surface area contributed by atoms with Crippen LogP contribution in [0.4, 0.5) is 0 Å². The van der Waals surface area contributed by atoms with Gasteiger partial charge in [-0.25, -0.2) is 0 Å². The monoisotopic (exact) mass is 185 g/mol. The van der Waals surface area contributed by atoms with Crippen molar-refractivity contribution in [2.75, 3.05) is 20.2 Å². The van der Waals surface area contributed by atoms with E-state index in [2.05, 4.69) is 4.90 Å². The van der Waals surface area contributed by atoms with E-state index in [-0.39, 0.29) is 12.0 Å².